The summed E-state index contributed by atoms with van der Waals surface area (Å²) in [4.78, 5) is 0. The van der Waals surface area contributed by atoms with Gasteiger partial charge in [0.15, 0.2) is 0 Å². The molecule has 0 fully saturated rings. The van der Waals surface area contributed by atoms with E-state index in [1.165, 1.54) is 0 Å². The van der Waals surface area contributed by atoms with Crippen LogP contribution >= 0.6 is 0 Å². The Hall–Kier alpha value is -2.15. The number of nitrogens with one attached hydrogen (secondary N) is 1. The van der Waals surface area contributed by atoms with Gasteiger partial charge in [0.1, 0.15) is 0 Å². The first-order valence-electron chi connectivity index (χ1n) is 4.78. The van der Waals surface area contributed by atoms with E-state index < -0.39 is 0 Å². The van der Waals surface area contributed by atoms with Crippen molar-refractivity contribution in [3.05, 3.63) is 46.5 Å². The molecule has 3 rings (SSSR count). The Bertz CT molecular complexity index is 523. The van der Waals surface area contributed by atoms with Crippen LogP contribution in [0.1, 0.15) is 6.42 Å². The van der Waals surface area contributed by atoms with E-state index in [1.807, 2.05) is 12.2 Å². The first-order chi connectivity index (χ1) is 7.38. The van der Waals surface area contributed by atoms with Crippen LogP contribution in [0.25, 0.3) is 0 Å². The summed E-state index contributed by atoms with van der Waals surface area (Å²) in [5.41, 5.74) is 4.99. The third kappa shape index (κ3) is 1.13. The Morgan fingerprint density at radius 1 is 1.47 bits per heavy atom. The van der Waals surface area contributed by atoms with Gasteiger partial charge in [-0.1, -0.05) is 6.08 Å². The molecule has 1 N–H and O–H groups in total. The average Bonchev–Trinajstić information content (AvgIpc) is 2.76. The molecular weight excluding hydrogens is 188 g/mol. The summed E-state index contributed by atoms with van der Waals surface area (Å²) in [7, 11) is 0. The number of azo groups is 1. The number of rotatable bonds is 0. The van der Waals surface area contributed by atoms with Crippen molar-refractivity contribution in [3.63, 3.8) is 0 Å². The lowest BCUT2D eigenvalue weighted by atomic mass is 9.92. The van der Waals surface area contributed by atoms with Gasteiger partial charge in [-0.15, -0.1) is 0 Å². The molecule has 0 unspecified atom stereocenters. The summed E-state index contributed by atoms with van der Waals surface area (Å²) in [5.74, 6) is 0. The molecule has 72 valence electrons. The number of allylic oxidation sites excluding steroid dienone is 3. The molecule has 0 saturated carbocycles. The molecule has 0 bridgehead atoms. The van der Waals surface area contributed by atoms with E-state index in [0.717, 1.165) is 34.5 Å². The van der Waals surface area contributed by atoms with Crippen molar-refractivity contribution in [3.8, 4) is 6.07 Å². The fraction of sp³-hybridized carbons (Fsp3) is 0.182. The molecule has 0 radical (unpaired) electrons. The molecule has 0 spiro atoms. The van der Waals surface area contributed by atoms with Crippen molar-refractivity contribution >= 4 is 0 Å². The lowest BCUT2D eigenvalue weighted by Gasteiger charge is -2.23. The Labute approximate surface area is 87.0 Å². The second-order valence-corrected chi connectivity index (χ2v) is 3.59. The van der Waals surface area contributed by atoms with Gasteiger partial charge in [0.05, 0.1) is 24.5 Å². The highest BCUT2D eigenvalue weighted by molar-refractivity contribution is 5.58. The van der Waals surface area contributed by atoms with Gasteiger partial charge in [-0.05, 0) is 18.1 Å². The van der Waals surface area contributed by atoms with Crippen molar-refractivity contribution in [2.24, 2.45) is 10.2 Å². The van der Waals surface area contributed by atoms with Gasteiger partial charge in [-0.25, -0.2) is 0 Å². The summed E-state index contributed by atoms with van der Waals surface area (Å²) in [6.45, 7) is 0.597. The van der Waals surface area contributed by atoms with Crippen LogP contribution in [-0.2, 0) is 0 Å². The molecule has 0 amide bonds. The van der Waals surface area contributed by atoms with E-state index in [9.17, 15) is 0 Å². The van der Waals surface area contributed by atoms with Crippen LogP contribution in [0.5, 0.6) is 0 Å². The van der Waals surface area contributed by atoms with Crippen LogP contribution in [0.2, 0.25) is 0 Å². The SMILES string of the molecule is N#CC1=CC2=C(NC1)C1=CN=NC1=CC2. The number of nitriles is 1. The molecule has 15 heavy (non-hydrogen) atoms. The van der Waals surface area contributed by atoms with E-state index >= 15 is 0 Å². The highest BCUT2D eigenvalue weighted by atomic mass is 15.1. The van der Waals surface area contributed by atoms with Crippen LogP contribution in [0, 0.1) is 11.3 Å². The number of hydrogen-bond donors (Lipinski definition) is 1. The van der Waals surface area contributed by atoms with E-state index in [1.54, 1.807) is 6.20 Å². The van der Waals surface area contributed by atoms with Crippen LogP contribution in [-0.4, -0.2) is 6.54 Å². The Morgan fingerprint density at radius 3 is 3.27 bits per heavy atom. The molecule has 2 aliphatic heterocycles. The van der Waals surface area contributed by atoms with Crippen LogP contribution < -0.4 is 5.32 Å². The summed E-state index contributed by atoms with van der Waals surface area (Å²) in [6, 6.07) is 2.17. The number of hydrogen-bond acceptors (Lipinski definition) is 4. The molecule has 0 aromatic heterocycles. The second kappa shape index (κ2) is 2.92. The molecule has 0 atom stereocenters. The van der Waals surface area contributed by atoms with Crippen molar-refractivity contribution in [1.82, 2.24) is 5.32 Å². The minimum atomic E-state index is 0.597. The molecule has 2 heterocycles. The number of nitrogens with zero attached hydrogens (tertiary/aromatic N) is 3. The number of dihydropyridines is 1. The van der Waals surface area contributed by atoms with Gasteiger partial charge in [0.25, 0.3) is 0 Å². The molecule has 4 nitrogen and oxygen atoms in total. The predicted molar refractivity (Wildman–Crippen MR) is 54.4 cm³/mol. The normalized spacial score (nSPS) is 21.9. The van der Waals surface area contributed by atoms with Crippen molar-refractivity contribution in [2.75, 3.05) is 6.54 Å². The smallest absolute Gasteiger partial charge is 0.0966 e. The van der Waals surface area contributed by atoms with Gasteiger partial charge in [-0.2, -0.15) is 15.5 Å². The van der Waals surface area contributed by atoms with Gasteiger partial charge in [-0.3, -0.25) is 0 Å². The van der Waals surface area contributed by atoms with Crippen molar-refractivity contribution in [2.45, 2.75) is 6.42 Å². The molecule has 0 saturated heterocycles. The van der Waals surface area contributed by atoms with E-state index in [-0.39, 0.29) is 0 Å². The molecule has 4 heteroatoms. The number of fused-ring (bicyclic) bond motifs is 2. The fourth-order valence-electron chi connectivity index (χ4n) is 1.95. The van der Waals surface area contributed by atoms with E-state index in [0.29, 0.717) is 6.54 Å². The quantitative estimate of drug-likeness (QED) is 0.643. The summed E-state index contributed by atoms with van der Waals surface area (Å²) >= 11 is 0. The Morgan fingerprint density at radius 2 is 2.40 bits per heavy atom. The van der Waals surface area contributed by atoms with Gasteiger partial charge >= 0.3 is 0 Å². The molecular formula is C11H8N4. The fourth-order valence-corrected chi connectivity index (χ4v) is 1.95. The summed E-state index contributed by atoms with van der Waals surface area (Å²) in [5, 5.41) is 20.0. The maximum atomic E-state index is 8.82. The minimum absolute atomic E-state index is 0.597. The zero-order valence-corrected chi connectivity index (χ0v) is 7.99. The van der Waals surface area contributed by atoms with Gasteiger partial charge in [0, 0.05) is 16.8 Å². The van der Waals surface area contributed by atoms with Crippen molar-refractivity contribution in [1.29, 1.82) is 5.26 Å². The second-order valence-electron chi connectivity index (χ2n) is 3.59. The first-order valence-corrected chi connectivity index (χ1v) is 4.78. The predicted octanol–water partition coefficient (Wildman–Crippen LogP) is 1.93. The summed E-state index contributed by atoms with van der Waals surface area (Å²) < 4.78 is 0. The zero-order chi connectivity index (χ0) is 10.3. The summed E-state index contributed by atoms with van der Waals surface area (Å²) in [6.07, 6.45) is 6.58. The van der Waals surface area contributed by atoms with Crippen molar-refractivity contribution < 1.29 is 0 Å². The van der Waals surface area contributed by atoms with Gasteiger partial charge < -0.3 is 5.32 Å². The molecule has 3 aliphatic rings. The van der Waals surface area contributed by atoms with E-state index in [2.05, 4.69) is 21.6 Å². The largest absolute Gasteiger partial charge is 0.379 e. The topological polar surface area (TPSA) is 60.5 Å². The van der Waals surface area contributed by atoms with E-state index in [4.69, 9.17) is 5.26 Å². The third-order valence-corrected chi connectivity index (χ3v) is 2.68. The maximum Gasteiger partial charge on any atom is 0.0966 e. The molecule has 0 aromatic rings. The lowest BCUT2D eigenvalue weighted by molar-refractivity contribution is 0.844. The minimum Gasteiger partial charge on any atom is -0.379 e. The highest BCUT2D eigenvalue weighted by Crippen LogP contribution is 2.34. The molecule has 1 aliphatic carbocycles. The standard InChI is InChI=1S/C11H8N4/c12-4-7-3-8-1-2-10-9(6-14-15-10)11(8)13-5-7/h2-3,6,13H,1,5H2. The van der Waals surface area contributed by atoms with Crippen LogP contribution in [0.3, 0.4) is 0 Å². The Kier molecular flexibility index (Phi) is 1.59. The zero-order valence-electron chi connectivity index (χ0n) is 7.99. The maximum absolute atomic E-state index is 8.82. The molecule has 0 aromatic carbocycles. The highest BCUT2D eigenvalue weighted by Gasteiger charge is 2.24. The van der Waals surface area contributed by atoms with Crippen LogP contribution in [0.4, 0.5) is 0 Å². The average molecular weight is 196 g/mol. The van der Waals surface area contributed by atoms with Gasteiger partial charge in [0.2, 0.25) is 0 Å². The first kappa shape index (κ1) is 8.18. The third-order valence-electron chi connectivity index (χ3n) is 2.68. The monoisotopic (exact) mass is 196 g/mol. The Balaban J connectivity index is 2.06. The lowest BCUT2D eigenvalue weighted by Crippen LogP contribution is -2.24. The van der Waals surface area contributed by atoms with Crippen LogP contribution in [0.15, 0.2) is 56.7 Å².